The number of esters is 2. The first kappa shape index (κ1) is 25.1. The van der Waals surface area contributed by atoms with Gasteiger partial charge in [0.15, 0.2) is 5.75 Å². The molecule has 2 heterocycles. The number of nitrogens with zero attached hydrogens (tertiary/aromatic N) is 2. The fourth-order valence-corrected chi connectivity index (χ4v) is 5.05. The van der Waals surface area contributed by atoms with Gasteiger partial charge in [0, 0.05) is 46.7 Å². The molecule has 0 N–H and O–H groups in total. The Balaban J connectivity index is 1.90. The minimum Gasteiger partial charge on any atom is -0.462 e. The van der Waals surface area contributed by atoms with Crippen LogP contribution in [-0.2, 0) is 28.3 Å². The number of aryl methyl sites for hydroxylation is 2. The molecule has 5 aromatic rings. The van der Waals surface area contributed by atoms with Crippen LogP contribution in [0.15, 0.2) is 42.5 Å². The molecular weight excluding hydrogens is 488 g/mol. The average Bonchev–Trinajstić information content (AvgIpc) is 3.35. The summed E-state index contributed by atoms with van der Waals surface area (Å²) in [5.74, 6) is -0.511. The lowest BCUT2D eigenvalue weighted by molar-refractivity contribution is 0.0517. The molecular formula is C29H28N2O7. The van der Waals surface area contributed by atoms with Gasteiger partial charge in [0.2, 0.25) is 0 Å². The predicted molar refractivity (Wildman–Crippen MR) is 144 cm³/mol. The molecule has 0 atom stereocenters. The maximum atomic E-state index is 12.6. The third-order valence-corrected chi connectivity index (χ3v) is 6.67. The maximum Gasteiger partial charge on any atom is 0.513 e. The molecule has 196 valence electrons. The summed E-state index contributed by atoms with van der Waals surface area (Å²) in [6.45, 7) is 5.92. The van der Waals surface area contributed by atoms with Gasteiger partial charge in [-0.25, -0.2) is 14.4 Å². The van der Waals surface area contributed by atoms with E-state index in [9.17, 15) is 14.4 Å². The summed E-state index contributed by atoms with van der Waals surface area (Å²) >= 11 is 0. The average molecular weight is 517 g/mol. The number of aromatic nitrogens is 2. The molecule has 9 heteroatoms. The van der Waals surface area contributed by atoms with Crippen molar-refractivity contribution in [3.63, 3.8) is 0 Å². The van der Waals surface area contributed by atoms with E-state index in [1.165, 1.54) is 0 Å². The lowest BCUT2D eigenvalue weighted by Crippen LogP contribution is -2.11. The summed E-state index contributed by atoms with van der Waals surface area (Å²) in [4.78, 5) is 37.6. The Morgan fingerprint density at radius 3 is 1.50 bits per heavy atom. The van der Waals surface area contributed by atoms with Crippen LogP contribution in [0.5, 0.6) is 5.75 Å². The van der Waals surface area contributed by atoms with Gasteiger partial charge in [-0.3, -0.25) is 0 Å². The zero-order chi connectivity index (χ0) is 27.1. The zero-order valence-corrected chi connectivity index (χ0v) is 21.9. The largest absolute Gasteiger partial charge is 0.513 e. The quantitative estimate of drug-likeness (QED) is 0.158. The fraction of sp³-hybridized carbons (Fsp3) is 0.276. The zero-order valence-electron chi connectivity index (χ0n) is 21.9. The second-order valence-electron chi connectivity index (χ2n) is 8.81. The Morgan fingerprint density at radius 1 is 0.632 bits per heavy atom. The summed E-state index contributed by atoms with van der Waals surface area (Å²) in [6, 6.07) is 12.7. The van der Waals surface area contributed by atoms with E-state index in [1.807, 2.05) is 41.4 Å². The van der Waals surface area contributed by atoms with Crippen LogP contribution in [0.4, 0.5) is 4.79 Å². The standard InChI is InChI=1S/C29H28N2O7/c1-6-35-27(32)16-9-11-22-18(13-16)20-15-21-19-14-17(28(33)36-7-2)10-12-23(19)31(5)25(21)26(24(20)30(22)4)38-29(34)37-8-3/h9-15H,6-8H2,1-5H3. The topological polar surface area (TPSA) is 98.0 Å². The number of hydrogen-bond donors (Lipinski definition) is 0. The second-order valence-corrected chi connectivity index (χ2v) is 8.81. The lowest BCUT2D eigenvalue weighted by Gasteiger charge is -2.11. The van der Waals surface area contributed by atoms with Crippen LogP contribution >= 0.6 is 0 Å². The van der Waals surface area contributed by atoms with Gasteiger partial charge in [0.1, 0.15) is 0 Å². The van der Waals surface area contributed by atoms with Crippen LogP contribution < -0.4 is 4.74 Å². The van der Waals surface area contributed by atoms with E-state index in [0.717, 1.165) is 32.6 Å². The molecule has 3 aromatic carbocycles. The van der Waals surface area contributed by atoms with Crippen molar-refractivity contribution in [1.29, 1.82) is 0 Å². The third kappa shape index (κ3) is 3.91. The molecule has 0 amide bonds. The molecule has 0 saturated heterocycles. The Hall–Kier alpha value is -4.53. The molecule has 0 aliphatic carbocycles. The second kappa shape index (κ2) is 9.74. The monoisotopic (exact) mass is 516 g/mol. The van der Waals surface area contributed by atoms with Gasteiger partial charge < -0.3 is 28.1 Å². The molecule has 2 aromatic heterocycles. The van der Waals surface area contributed by atoms with Gasteiger partial charge in [0.05, 0.1) is 42.0 Å². The smallest absolute Gasteiger partial charge is 0.462 e. The molecule has 0 unspecified atom stereocenters. The minimum absolute atomic E-state index is 0.161. The first-order valence-corrected chi connectivity index (χ1v) is 12.5. The predicted octanol–water partition coefficient (Wildman–Crippen LogP) is 5.87. The number of carbonyl (C=O) groups is 3. The van der Waals surface area contributed by atoms with Crippen molar-refractivity contribution in [3.05, 3.63) is 53.6 Å². The highest BCUT2D eigenvalue weighted by molar-refractivity contribution is 6.22. The summed E-state index contributed by atoms with van der Waals surface area (Å²) in [6.07, 6.45) is -0.823. The van der Waals surface area contributed by atoms with Crippen molar-refractivity contribution >= 4 is 61.7 Å². The van der Waals surface area contributed by atoms with Gasteiger partial charge in [-0.15, -0.1) is 0 Å². The van der Waals surface area contributed by atoms with Crippen LogP contribution in [0, 0.1) is 0 Å². The molecule has 0 radical (unpaired) electrons. The Labute approximate surface area is 218 Å². The molecule has 0 aliphatic heterocycles. The Bertz CT molecular complexity index is 1640. The number of rotatable bonds is 6. The molecule has 5 rings (SSSR count). The highest BCUT2D eigenvalue weighted by Gasteiger charge is 2.25. The van der Waals surface area contributed by atoms with E-state index in [-0.39, 0.29) is 19.8 Å². The van der Waals surface area contributed by atoms with Crippen LogP contribution in [0.2, 0.25) is 0 Å². The molecule has 38 heavy (non-hydrogen) atoms. The van der Waals surface area contributed by atoms with Crippen molar-refractivity contribution < 1.29 is 33.3 Å². The number of carbonyl (C=O) groups excluding carboxylic acids is 3. The van der Waals surface area contributed by atoms with Crippen LogP contribution in [0.3, 0.4) is 0 Å². The molecule has 9 nitrogen and oxygen atoms in total. The summed E-state index contributed by atoms with van der Waals surface area (Å²) in [5.41, 5.74) is 3.85. The fourth-order valence-electron chi connectivity index (χ4n) is 5.05. The number of benzene rings is 3. The van der Waals surface area contributed by atoms with Gasteiger partial charge in [0.25, 0.3) is 0 Å². The van der Waals surface area contributed by atoms with Crippen LogP contribution in [0.1, 0.15) is 41.5 Å². The Morgan fingerprint density at radius 2 is 1.08 bits per heavy atom. The van der Waals surface area contributed by atoms with E-state index in [2.05, 4.69) is 0 Å². The van der Waals surface area contributed by atoms with E-state index in [4.69, 9.17) is 18.9 Å². The van der Waals surface area contributed by atoms with Gasteiger partial charge >= 0.3 is 18.1 Å². The minimum atomic E-state index is -0.823. The third-order valence-electron chi connectivity index (χ3n) is 6.67. The van der Waals surface area contributed by atoms with Crippen molar-refractivity contribution in [1.82, 2.24) is 9.13 Å². The van der Waals surface area contributed by atoms with E-state index in [0.29, 0.717) is 27.9 Å². The molecule has 0 aliphatic rings. The van der Waals surface area contributed by atoms with Gasteiger partial charge in [-0.2, -0.15) is 0 Å². The molecule has 0 fully saturated rings. The SMILES string of the molecule is CCOC(=O)Oc1c2c(cc3c4cc(C(=O)OCC)ccc4n(C)c13)c1cc(C(=O)OCC)ccc1n2C. The van der Waals surface area contributed by atoms with Crippen molar-refractivity contribution in [2.75, 3.05) is 19.8 Å². The normalized spacial score (nSPS) is 11.4. The highest BCUT2D eigenvalue weighted by atomic mass is 16.7. The van der Waals surface area contributed by atoms with Crippen LogP contribution in [0.25, 0.3) is 43.6 Å². The Kier molecular flexibility index (Phi) is 6.44. The van der Waals surface area contributed by atoms with E-state index < -0.39 is 18.1 Å². The first-order chi connectivity index (χ1) is 18.3. The number of ether oxygens (including phenoxy) is 4. The van der Waals surface area contributed by atoms with E-state index in [1.54, 1.807) is 45.0 Å². The maximum absolute atomic E-state index is 12.6. The highest BCUT2D eigenvalue weighted by Crippen LogP contribution is 2.44. The molecule has 0 bridgehead atoms. The summed E-state index contributed by atoms with van der Waals surface area (Å²) < 4.78 is 25.2. The van der Waals surface area contributed by atoms with Crippen molar-refractivity contribution in [2.45, 2.75) is 20.8 Å². The summed E-state index contributed by atoms with van der Waals surface area (Å²) in [5, 5.41) is 3.13. The first-order valence-electron chi connectivity index (χ1n) is 12.5. The van der Waals surface area contributed by atoms with E-state index >= 15 is 0 Å². The molecule has 0 spiro atoms. The molecule has 0 saturated carbocycles. The number of hydrogen-bond acceptors (Lipinski definition) is 7. The van der Waals surface area contributed by atoms with Gasteiger partial charge in [-0.05, 0) is 63.2 Å². The van der Waals surface area contributed by atoms with Crippen LogP contribution in [-0.4, -0.2) is 47.0 Å². The van der Waals surface area contributed by atoms with Gasteiger partial charge in [-0.1, -0.05) is 0 Å². The number of fused-ring (bicyclic) bond motifs is 6. The van der Waals surface area contributed by atoms with Crippen molar-refractivity contribution in [3.8, 4) is 5.75 Å². The lowest BCUT2D eigenvalue weighted by atomic mass is 10.0. The summed E-state index contributed by atoms with van der Waals surface area (Å²) in [7, 11) is 3.75. The van der Waals surface area contributed by atoms with Crippen molar-refractivity contribution in [2.24, 2.45) is 14.1 Å².